The number of hydrogen-bond acceptors (Lipinski definition) is 2. The molecule has 0 aromatic rings. The molecule has 32 heavy (non-hydrogen) atoms. The van der Waals surface area contributed by atoms with Gasteiger partial charge in [-0.25, -0.2) is 0 Å². The van der Waals surface area contributed by atoms with E-state index in [1.165, 1.54) is 50.5 Å². The lowest BCUT2D eigenvalue weighted by Gasteiger charge is -2.62. The molecule has 2 heteroatoms. The topological polar surface area (TPSA) is 40.5 Å². The summed E-state index contributed by atoms with van der Waals surface area (Å²) < 4.78 is 0. The third-order valence-corrected chi connectivity index (χ3v) is 11.6. The van der Waals surface area contributed by atoms with Crippen molar-refractivity contribution < 1.29 is 10.2 Å². The molecule has 4 rings (SSSR count). The Bertz CT molecular complexity index is 787. The standard InChI is InChI=1S/C30H50O2/c1-20(2)9-8-10-21(3)22-14-18-30(19-31)24-11-12-25-27(4,5)26(32)15-16-28(25,6)23(24)13-17-29(22,30)7/h9,21-22,25-26,31-32H,8,10-19H2,1-7H3/t21-,22-,25+,26+,28-,29-,30-/m1/s1. The zero-order valence-corrected chi connectivity index (χ0v) is 22.1. The number of aliphatic hydroxyl groups is 2. The van der Waals surface area contributed by atoms with Crippen molar-refractivity contribution in [3.8, 4) is 0 Å². The molecule has 0 aliphatic heterocycles. The lowest BCUT2D eigenvalue weighted by molar-refractivity contribution is -0.0997. The molecule has 0 radical (unpaired) electrons. The van der Waals surface area contributed by atoms with Crippen LogP contribution in [-0.2, 0) is 0 Å². The first-order chi connectivity index (χ1) is 14.9. The molecule has 4 aliphatic carbocycles. The van der Waals surface area contributed by atoms with Crippen LogP contribution in [0, 0.1) is 39.4 Å². The SMILES string of the molecule is CC(C)=CCC[C@@H](C)[C@H]1CC[C@@]2(CO)C3=C(CC[C@]12C)[C@@]1(C)CC[C@H](O)C(C)(C)[C@@H]1CC3. The molecule has 2 nitrogen and oxygen atoms in total. The Balaban J connectivity index is 1.69. The highest BCUT2D eigenvalue weighted by Gasteiger charge is 2.64. The summed E-state index contributed by atoms with van der Waals surface area (Å²) in [5, 5.41) is 21.9. The lowest BCUT2D eigenvalue weighted by atomic mass is 9.43. The van der Waals surface area contributed by atoms with Crippen LogP contribution in [0.15, 0.2) is 22.8 Å². The van der Waals surface area contributed by atoms with Crippen molar-refractivity contribution in [2.24, 2.45) is 39.4 Å². The number of aliphatic hydroxyl groups excluding tert-OH is 2. The van der Waals surface area contributed by atoms with Crippen LogP contribution in [-0.4, -0.2) is 22.9 Å². The smallest absolute Gasteiger partial charge is 0.0594 e. The van der Waals surface area contributed by atoms with Crippen molar-refractivity contribution >= 4 is 0 Å². The van der Waals surface area contributed by atoms with Crippen LogP contribution in [0.25, 0.3) is 0 Å². The van der Waals surface area contributed by atoms with Crippen molar-refractivity contribution in [2.45, 2.75) is 119 Å². The Morgan fingerprint density at radius 1 is 1.00 bits per heavy atom. The molecule has 0 aromatic heterocycles. The molecule has 0 saturated heterocycles. The normalized spacial score (nSPS) is 43.8. The summed E-state index contributed by atoms with van der Waals surface area (Å²) in [5.74, 6) is 1.98. The Morgan fingerprint density at radius 2 is 1.72 bits per heavy atom. The van der Waals surface area contributed by atoms with Crippen LogP contribution in [0.1, 0.15) is 113 Å². The van der Waals surface area contributed by atoms with E-state index in [-0.39, 0.29) is 27.8 Å². The molecule has 0 bridgehead atoms. The van der Waals surface area contributed by atoms with Gasteiger partial charge in [-0.2, -0.15) is 0 Å². The van der Waals surface area contributed by atoms with Crippen molar-refractivity contribution in [2.75, 3.05) is 6.61 Å². The second-order valence-electron chi connectivity index (χ2n) is 13.5. The van der Waals surface area contributed by atoms with Crippen molar-refractivity contribution in [1.82, 2.24) is 0 Å². The van der Waals surface area contributed by atoms with Crippen molar-refractivity contribution in [1.29, 1.82) is 0 Å². The summed E-state index contributed by atoms with van der Waals surface area (Å²) in [5.41, 5.74) is 5.19. The maximum absolute atomic E-state index is 11.0. The molecule has 4 aliphatic rings. The Kier molecular flexibility index (Phi) is 6.33. The zero-order chi connectivity index (χ0) is 23.5. The molecule has 2 saturated carbocycles. The molecule has 0 heterocycles. The van der Waals surface area contributed by atoms with Gasteiger partial charge in [0.05, 0.1) is 12.7 Å². The molecule has 0 amide bonds. The molecule has 0 spiro atoms. The third-order valence-electron chi connectivity index (χ3n) is 11.6. The van der Waals surface area contributed by atoms with Gasteiger partial charge < -0.3 is 10.2 Å². The molecular weight excluding hydrogens is 392 g/mol. The first-order valence-electron chi connectivity index (χ1n) is 13.6. The minimum absolute atomic E-state index is 0.00971. The second-order valence-corrected chi connectivity index (χ2v) is 13.5. The van der Waals surface area contributed by atoms with Crippen LogP contribution in [0.5, 0.6) is 0 Å². The molecular formula is C30H50O2. The Morgan fingerprint density at radius 3 is 2.38 bits per heavy atom. The third kappa shape index (κ3) is 3.33. The van der Waals surface area contributed by atoms with Crippen molar-refractivity contribution in [3.63, 3.8) is 0 Å². The molecule has 0 unspecified atom stereocenters. The van der Waals surface area contributed by atoms with E-state index in [2.05, 4.69) is 54.5 Å². The number of rotatable bonds is 5. The molecule has 2 fully saturated rings. The molecule has 182 valence electrons. The van der Waals surface area contributed by atoms with Crippen LogP contribution in [0.2, 0.25) is 0 Å². The summed E-state index contributed by atoms with van der Waals surface area (Å²) >= 11 is 0. The zero-order valence-electron chi connectivity index (χ0n) is 22.1. The van der Waals surface area contributed by atoms with Crippen LogP contribution >= 0.6 is 0 Å². The van der Waals surface area contributed by atoms with E-state index < -0.39 is 0 Å². The minimum atomic E-state index is -0.180. The van der Waals surface area contributed by atoms with E-state index >= 15 is 0 Å². The van der Waals surface area contributed by atoms with Gasteiger partial charge in [0.15, 0.2) is 0 Å². The summed E-state index contributed by atoms with van der Waals surface area (Å²) in [6.07, 6.45) is 13.9. The van der Waals surface area contributed by atoms with Gasteiger partial charge in [0.25, 0.3) is 0 Å². The molecule has 0 aromatic carbocycles. The Labute approximate surface area is 198 Å². The quantitative estimate of drug-likeness (QED) is 0.434. The highest BCUT2D eigenvalue weighted by Crippen LogP contribution is 2.72. The summed E-state index contributed by atoms with van der Waals surface area (Å²) in [6, 6.07) is 0. The maximum atomic E-state index is 11.0. The first kappa shape index (κ1) is 24.5. The van der Waals surface area contributed by atoms with E-state index in [1.54, 1.807) is 11.1 Å². The van der Waals surface area contributed by atoms with E-state index in [1.807, 2.05) is 0 Å². The van der Waals surface area contributed by atoms with Gasteiger partial charge in [-0.15, -0.1) is 0 Å². The van der Waals surface area contributed by atoms with Gasteiger partial charge in [-0.3, -0.25) is 0 Å². The average Bonchev–Trinajstić information content (AvgIpc) is 3.04. The maximum Gasteiger partial charge on any atom is 0.0594 e. The first-order valence-corrected chi connectivity index (χ1v) is 13.6. The lowest BCUT2D eigenvalue weighted by Crippen LogP contribution is -2.56. The van der Waals surface area contributed by atoms with E-state index in [0.29, 0.717) is 24.4 Å². The highest BCUT2D eigenvalue weighted by molar-refractivity contribution is 5.39. The number of hydrogen-bond donors (Lipinski definition) is 2. The van der Waals surface area contributed by atoms with E-state index in [9.17, 15) is 10.2 Å². The minimum Gasteiger partial charge on any atom is -0.395 e. The van der Waals surface area contributed by atoms with Gasteiger partial charge >= 0.3 is 0 Å². The van der Waals surface area contributed by atoms with E-state index in [0.717, 1.165) is 19.3 Å². The van der Waals surface area contributed by atoms with Gasteiger partial charge in [0, 0.05) is 5.41 Å². The number of fused-ring (bicyclic) bond motifs is 4. The van der Waals surface area contributed by atoms with Gasteiger partial charge in [0.2, 0.25) is 0 Å². The average molecular weight is 443 g/mol. The predicted molar refractivity (Wildman–Crippen MR) is 134 cm³/mol. The van der Waals surface area contributed by atoms with E-state index in [4.69, 9.17) is 0 Å². The highest BCUT2D eigenvalue weighted by atomic mass is 16.3. The Hall–Kier alpha value is -0.600. The summed E-state index contributed by atoms with van der Waals surface area (Å²) in [7, 11) is 0. The van der Waals surface area contributed by atoms with Crippen LogP contribution in [0.4, 0.5) is 0 Å². The predicted octanol–water partition coefficient (Wildman–Crippen LogP) is 7.45. The fourth-order valence-electron chi connectivity index (χ4n) is 9.61. The number of allylic oxidation sites excluding steroid dienone is 3. The molecule has 7 atom stereocenters. The fraction of sp³-hybridized carbons (Fsp3) is 0.867. The van der Waals surface area contributed by atoms with Crippen molar-refractivity contribution in [3.05, 3.63) is 22.8 Å². The summed E-state index contributed by atoms with van der Waals surface area (Å²) in [6.45, 7) is 16.9. The van der Waals surface area contributed by atoms with Crippen LogP contribution in [0.3, 0.4) is 0 Å². The van der Waals surface area contributed by atoms with Gasteiger partial charge in [0.1, 0.15) is 0 Å². The van der Waals surface area contributed by atoms with Crippen LogP contribution < -0.4 is 0 Å². The van der Waals surface area contributed by atoms with Gasteiger partial charge in [-0.1, -0.05) is 57.4 Å². The fourth-order valence-corrected chi connectivity index (χ4v) is 9.61. The van der Waals surface area contributed by atoms with Gasteiger partial charge in [-0.05, 0) is 112 Å². The largest absolute Gasteiger partial charge is 0.395 e. The summed E-state index contributed by atoms with van der Waals surface area (Å²) in [4.78, 5) is 0. The monoisotopic (exact) mass is 442 g/mol. The second kappa shape index (κ2) is 8.26. The molecule has 2 N–H and O–H groups in total.